The quantitative estimate of drug-likeness (QED) is 0.358. The topological polar surface area (TPSA) is 85.4 Å². The van der Waals surface area contributed by atoms with Crippen molar-refractivity contribution in [2.45, 2.75) is 102 Å². The number of aliphatic hydroxyl groups is 1. The number of carbonyl (C=O) groups is 2. The highest BCUT2D eigenvalue weighted by atomic mass is 16.6. The van der Waals surface area contributed by atoms with Gasteiger partial charge in [0.2, 0.25) is 0 Å². The van der Waals surface area contributed by atoms with E-state index in [2.05, 4.69) is 20.4 Å². The Balaban J connectivity index is 1.18. The summed E-state index contributed by atoms with van der Waals surface area (Å²) < 4.78 is 18.6. The third-order valence-electron chi connectivity index (χ3n) is 12.3. The van der Waals surface area contributed by atoms with Gasteiger partial charge >= 0.3 is 5.97 Å². The standard InChI is InChI=1S/C28H38O6/c1-14-24(31)33-21-12-26(14,3)32-13-17(21)19-6-5-18-16-10-23-28(34-23)11-15(29)9-22(30)27(28,4)20(16)7-8-25(18,19)2/h15-21,23,29H,1,5-13H2,2-4H3. The molecule has 7 rings (SSSR count). The molecule has 1 spiro atoms. The van der Waals surface area contributed by atoms with Gasteiger partial charge in [-0.2, -0.15) is 0 Å². The van der Waals surface area contributed by atoms with E-state index in [1.165, 1.54) is 0 Å². The van der Waals surface area contributed by atoms with E-state index in [1.54, 1.807) is 0 Å². The Hall–Kier alpha value is -1.24. The van der Waals surface area contributed by atoms with Crippen molar-refractivity contribution in [3.63, 3.8) is 0 Å². The van der Waals surface area contributed by atoms with Crippen LogP contribution >= 0.6 is 0 Å². The van der Waals surface area contributed by atoms with Gasteiger partial charge in [-0.05, 0) is 75.0 Å². The fourth-order valence-electron chi connectivity index (χ4n) is 10.4. The van der Waals surface area contributed by atoms with E-state index < -0.39 is 22.7 Å². The first-order chi connectivity index (χ1) is 16.0. The maximum atomic E-state index is 13.4. The van der Waals surface area contributed by atoms with E-state index >= 15 is 0 Å². The van der Waals surface area contributed by atoms with E-state index in [-0.39, 0.29) is 41.7 Å². The minimum absolute atomic E-state index is 0.0975. The Morgan fingerprint density at radius 2 is 1.74 bits per heavy atom. The predicted octanol–water partition coefficient (Wildman–Crippen LogP) is 3.59. The molecule has 0 aromatic rings. The highest BCUT2D eigenvalue weighted by molar-refractivity contribution is 5.91. The Morgan fingerprint density at radius 1 is 1.00 bits per heavy atom. The number of esters is 1. The molecular formula is C28H38O6. The van der Waals surface area contributed by atoms with Crippen molar-refractivity contribution in [2.24, 2.45) is 40.4 Å². The third kappa shape index (κ3) is 2.44. The van der Waals surface area contributed by atoms with Crippen molar-refractivity contribution >= 4 is 11.8 Å². The van der Waals surface area contributed by atoms with Crippen LogP contribution in [0.3, 0.4) is 0 Å². The molecule has 7 aliphatic rings. The van der Waals surface area contributed by atoms with E-state index in [0.717, 1.165) is 32.1 Å². The summed E-state index contributed by atoms with van der Waals surface area (Å²) in [7, 11) is 0. The molecule has 4 saturated carbocycles. The summed E-state index contributed by atoms with van der Waals surface area (Å²) in [5, 5.41) is 10.4. The number of ether oxygens (including phenoxy) is 3. The summed E-state index contributed by atoms with van der Waals surface area (Å²) in [5.74, 6) is 1.97. The van der Waals surface area contributed by atoms with E-state index in [4.69, 9.17) is 14.2 Å². The number of epoxide rings is 1. The molecule has 3 saturated heterocycles. The second-order valence-electron chi connectivity index (χ2n) is 13.4. The molecule has 6 nitrogen and oxygen atoms in total. The van der Waals surface area contributed by atoms with Gasteiger partial charge in [-0.15, -0.1) is 0 Å². The van der Waals surface area contributed by atoms with E-state index in [9.17, 15) is 14.7 Å². The number of rotatable bonds is 1. The van der Waals surface area contributed by atoms with Crippen LogP contribution in [0.4, 0.5) is 0 Å². The predicted molar refractivity (Wildman–Crippen MR) is 123 cm³/mol. The van der Waals surface area contributed by atoms with Crippen molar-refractivity contribution < 1.29 is 28.9 Å². The van der Waals surface area contributed by atoms with Crippen LogP contribution in [0.2, 0.25) is 0 Å². The molecule has 0 amide bonds. The molecular weight excluding hydrogens is 432 g/mol. The fraction of sp³-hybridized carbons (Fsp3) is 0.857. The first kappa shape index (κ1) is 22.0. The molecule has 0 radical (unpaired) electrons. The van der Waals surface area contributed by atoms with Crippen molar-refractivity contribution in [3.8, 4) is 0 Å². The molecule has 0 aromatic carbocycles. The van der Waals surface area contributed by atoms with Crippen LogP contribution in [0, 0.1) is 40.4 Å². The lowest BCUT2D eigenvalue weighted by atomic mass is 9.44. The molecule has 12 unspecified atom stereocenters. The van der Waals surface area contributed by atoms with Gasteiger partial charge in [-0.25, -0.2) is 4.79 Å². The van der Waals surface area contributed by atoms with Crippen LogP contribution in [0.1, 0.15) is 72.1 Å². The molecule has 34 heavy (non-hydrogen) atoms. The lowest BCUT2D eigenvalue weighted by Gasteiger charge is -2.59. The number of hydrogen-bond donors (Lipinski definition) is 1. The SMILES string of the molecule is C=C1C(=O)OC2CC1(C)OCC2C1CCC2C3CC4OC45CC(O)CC(=O)C5(C)C3CCC12C. The van der Waals surface area contributed by atoms with Gasteiger partial charge in [-0.1, -0.05) is 13.5 Å². The fourth-order valence-corrected chi connectivity index (χ4v) is 10.4. The van der Waals surface area contributed by atoms with Gasteiger partial charge in [0.25, 0.3) is 0 Å². The average Bonchev–Trinajstić information content (AvgIpc) is 3.36. The Morgan fingerprint density at radius 3 is 2.50 bits per heavy atom. The molecule has 3 heterocycles. The van der Waals surface area contributed by atoms with Crippen LogP contribution in [0.5, 0.6) is 0 Å². The monoisotopic (exact) mass is 470 g/mol. The zero-order valence-electron chi connectivity index (χ0n) is 20.7. The molecule has 6 heteroatoms. The summed E-state index contributed by atoms with van der Waals surface area (Å²) in [6.45, 7) is 11.2. The number of aliphatic hydroxyl groups excluding tert-OH is 1. The maximum absolute atomic E-state index is 13.4. The van der Waals surface area contributed by atoms with Crippen LogP contribution < -0.4 is 0 Å². The Labute approximate surface area is 201 Å². The lowest BCUT2D eigenvalue weighted by molar-refractivity contribution is -0.201. The molecule has 0 aromatic heterocycles. The molecule has 3 aliphatic heterocycles. The van der Waals surface area contributed by atoms with Crippen molar-refractivity contribution in [3.05, 3.63) is 12.2 Å². The number of Topliss-reactive ketones (excluding diaryl/α,β-unsaturated/α-hetero) is 1. The lowest BCUT2D eigenvalue weighted by Crippen LogP contribution is -2.63. The molecule has 4 aliphatic carbocycles. The molecule has 2 bridgehead atoms. The first-order valence-electron chi connectivity index (χ1n) is 13.5. The van der Waals surface area contributed by atoms with Crippen molar-refractivity contribution in [1.29, 1.82) is 0 Å². The zero-order valence-corrected chi connectivity index (χ0v) is 20.7. The summed E-state index contributed by atoms with van der Waals surface area (Å²) in [4.78, 5) is 25.9. The maximum Gasteiger partial charge on any atom is 0.336 e. The summed E-state index contributed by atoms with van der Waals surface area (Å²) in [6.07, 6.45) is 6.50. The molecule has 186 valence electrons. The largest absolute Gasteiger partial charge is 0.458 e. The normalized spacial score (nSPS) is 59.9. The average molecular weight is 471 g/mol. The van der Waals surface area contributed by atoms with Crippen molar-refractivity contribution in [2.75, 3.05) is 6.61 Å². The van der Waals surface area contributed by atoms with Crippen molar-refractivity contribution in [1.82, 2.24) is 0 Å². The molecule has 7 fully saturated rings. The highest BCUT2D eigenvalue weighted by Crippen LogP contribution is 2.73. The van der Waals surface area contributed by atoms with E-state index in [0.29, 0.717) is 48.7 Å². The second kappa shape index (κ2) is 6.54. The minimum atomic E-state index is -0.594. The van der Waals surface area contributed by atoms with Crippen LogP contribution in [0.25, 0.3) is 0 Å². The molecule has 12 atom stereocenters. The summed E-state index contributed by atoms with van der Waals surface area (Å²) >= 11 is 0. The number of hydrogen-bond acceptors (Lipinski definition) is 6. The second-order valence-corrected chi connectivity index (χ2v) is 13.4. The third-order valence-corrected chi connectivity index (χ3v) is 12.3. The number of fused-ring (bicyclic) bond motifs is 6. The van der Waals surface area contributed by atoms with Crippen LogP contribution in [0.15, 0.2) is 12.2 Å². The van der Waals surface area contributed by atoms with Crippen LogP contribution in [-0.4, -0.2) is 53.0 Å². The smallest absolute Gasteiger partial charge is 0.336 e. The van der Waals surface area contributed by atoms with Gasteiger partial charge < -0.3 is 19.3 Å². The van der Waals surface area contributed by atoms with Gasteiger partial charge in [0.05, 0.1) is 29.8 Å². The summed E-state index contributed by atoms with van der Waals surface area (Å²) in [5.41, 5.74) is -0.872. The van der Waals surface area contributed by atoms with Gasteiger partial charge in [0.15, 0.2) is 0 Å². The Kier molecular flexibility index (Phi) is 4.23. The van der Waals surface area contributed by atoms with E-state index in [1.807, 2.05) is 6.92 Å². The van der Waals surface area contributed by atoms with Gasteiger partial charge in [0, 0.05) is 25.2 Å². The number of carbonyl (C=O) groups excluding carboxylic acids is 2. The van der Waals surface area contributed by atoms with Gasteiger partial charge in [0.1, 0.15) is 23.1 Å². The van der Waals surface area contributed by atoms with Gasteiger partial charge in [-0.3, -0.25) is 4.79 Å². The summed E-state index contributed by atoms with van der Waals surface area (Å²) in [6, 6.07) is 0. The minimum Gasteiger partial charge on any atom is -0.458 e. The first-order valence-corrected chi connectivity index (χ1v) is 13.5. The van der Waals surface area contributed by atoms with Crippen LogP contribution in [-0.2, 0) is 23.8 Å². The number of ketones is 1. The zero-order chi connectivity index (χ0) is 23.8. The highest BCUT2D eigenvalue weighted by Gasteiger charge is 2.79. The Bertz CT molecular complexity index is 991. The molecule has 1 N–H and O–H groups in total.